The Morgan fingerprint density at radius 3 is 2.34 bits per heavy atom. The molecule has 1 saturated heterocycles. The fourth-order valence-corrected chi connectivity index (χ4v) is 4.10. The van der Waals surface area contributed by atoms with Crippen molar-refractivity contribution in [2.75, 3.05) is 23.3 Å². The van der Waals surface area contributed by atoms with Crippen LogP contribution in [0.1, 0.15) is 42.0 Å². The van der Waals surface area contributed by atoms with Crippen LogP contribution in [0.15, 0.2) is 12.1 Å². The van der Waals surface area contributed by atoms with Crippen molar-refractivity contribution in [2.24, 2.45) is 0 Å². The number of carbonyl (C=O) groups is 1. The maximum absolute atomic E-state index is 13.8. The number of rotatable bonds is 2. The summed E-state index contributed by atoms with van der Waals surface area (Å²) < 4.78 is 92.8. The van der Waals surface area contributed by atoms with Crippen LogP contribution in [0.25, 0.3) is 0 Å². The molecule has 174 valence electrons. The number of aromatic nitrogens is 3. The van der Waals surface area contributed by atoms with Crippen molar-refractivity contribution in [3.05, 3.63) is 34.9 Å². The molecular formula is C18H16F7N5O2. The number of nitrogens with zero attached hydrogens (tertiary/aromatic N) is 3. The number of hydrogen-bond donors (Lipinski definition) is 3. The van der Waals surface area contributed by atoms with Crippen LogP contribution in [0.5, 0.6) is 0 Å². The molecule has 32 heavy (non-hydrogen) atoms. The number of amides is 1. The number of aromatic amines is 1. The molecule has 4 heterocycles. The second-order valence-electron chi connectivity index (χ2n) is 7.71. The van der Waals surface area contributed by atoms with Crippen LogP contribution in [0.3, 0.4) is 0 Å². The molecule has 1 atom stereocenters. The van der Waals surface area contributed by atoms with E-state index in [2.05, 4.69) is 20.5 Å². The molecule has 2 aliphatic heterocycles. The summed E-state index contributed by atoms with van der Waals surface area (Å²) in [5, 5.41) is 18.8. The number of hydrogen-bond acceptors (Lipinski definition) is 5. The average molecular weight is 467 g/mol. The number of aliphatic hydroxyl groups is 1. The summed E-state index contributed by atoms with van der Waals surface area (Å²) in [6.45, 7) is 0.307. The number of fused-ring (bicyclic) bond motifs is 1. The predicted molar refractivity (Wildman–Crippen MR) is 95.2 cm³/mol. The summed E-state index contributed by atoms with van der Waals surface area (Å²) in [5.74, 6) is -3.58. The second-order valence-corrected chi connectivity index (χ2v) is 7.71. The number of carbonyl (C=O) groups excluding carboxylic acids is 1. The Morgan fingerprint density at radius 2 is 1.78 bits per heavy atom. The number of halogens is 7. The minimum absolute atomic E-state index is 0.0305. The van der Waals surface area contributed by atoms with Crippen molar-refractivity contribution >= 4 is 17.5 Å². The first-order valence-electron chi connectivity index (χ1n) is 9.47. The van der Waals surface area contributed by atoms with Crippen LogP contribution in [0.4, 0.5) is 42.4 Å². The van der Waals surface area contributed by atoms with Crippen LogP contribution in [0.2, 0.25) is 0 Å². The molecule has 7 nitrogen and oxygen atoms in total. The Kier molecular flexibility index (Phi) is 5.10. The lowest BCUT2D eigenvalue weighted by molar-refractivity contribution is -0.267. The Bertz CT molecular complexity index is 1040. The van der Waals surface area contributed by atoms with Gasteiger partial charge in [0.05, 0.1) is 17.7 Å². The Hall–Kier alpha value is -2.90. The SMILES string of the molecule is O=C1CC(O)(C(F)(F)F)c2c(C3CCN(c4ccc(C(F)(F)F)c(F)n4)CC3)n[nH]c2N1. The minimum atomic E-state index is -5.12. The molecule has 0 saturated carbocycles. The third kappa shape index (κ3) is 3.65. The number of anilines is 2. The molecule has 1 amide bonds. The van der Waals surface area contributed by atoms with Gasteiger partial charge < -0.3 is 15.3 Å². The van der Waals surface area contributed by atoms with E-state index in [1.807, 2.05) is 0 Å². The molecule has 0 bridgehead atoms. The van der Waals surface area contributed by atoms with Crippen LogP contribution in [-0.2, 0) is 16.6 Å². The van der Waals surface area contributed by atoms with Crippen molar-refractivity contribution in [1.29, 1.82) is 0 Å². The molecule has 2 aliphatic rings. The van der Waals surface area contributed by atoms with E-state index < -0.39 is 53.3 Å². The molecule has 1 fully saturated rings. The average Bonchev–Trinajstić information content (AvgIpc) is 3.10. The fourth-order valence-electron chi connectivity index (χ4n) is 4.10. The summed E-state index contributed by atoms with van der Waals surface area (Å²) in [6, 6.07) is 1.61. The van der Waals surface area contributed by atoms with Gasteiger partial charge in [-0.3, -0.25) is 9.89 Å². The van der Waals surface area contributed by atoms with E-state index in [-0.39, 0.29) is 43.3 Å². The molecule has 2 aromatic rings. The van der Waals surface area contributed by atoms with Crippen LogP contribution < -0.4 is 10.2 Å². The molecule has 0 aromatic carbocycles. The van der Waals surface area contributed by atoms with Crippen molar-refractivity contribution in [3.63, 3.8) is 0 Å². The first-order valence-corrected chi connectivity index (χ1v) is 9.47. The molecule has 0 aliphatic carbocycles. The standard InChI is InChI=1S/C18H16F7N5O2/c19-14-9(17(20,21)22)1-2-10(26-14)30-5-3-8(4-6-30)13-12-15(29-28-13)27-11(31)7-16(12,32)18(23,24)25/h1-2,8,32H,3-7H2,(H2,27,28,29,31). The van der Waals surface area contributed by atoms with Crippen molar-refractivity contribution in [3.8, 4) is 0 Å². The topological polar surface area (TPSA) is 94.1 Å². The summed E-state index contributed by atoms with van der Waals surface area (Å²) >= 11 is 0. The van der Waals surface area contributed by atoms with Crippen molar-refractivity contribution < 1.29 is 40.6 Å². The number of alkyl halides is 6. The first kappa shape index (κ1) is 22.3. The van der Waals surface area contributed by atoms with Gasteiger partial charge in [0.2, 0.25) is 11.9 Å². The third-order valence-electron chi connectivity index (χ3n) is 5.70. The molecular weight excluding hydrogens is 451 g/mol. The highest BCUT2D eigenvalue weighted by molar-refractivity contribution is 5.94. The van der Waals surface area contributed by atoms with E-state index in [0.717, 1.165) is 6.07 Å². The summed E-state index contributed by atoms with van der Waals surface area (Å²) in [6.07, 6.45) is -10.8. The lowest BCUT2D eigenvalue weighted by Gasteiger charge is -2.36. The van der Waals surface area contributed by atoms with E-state index in [9.17, 15) is 40.6 Å². The van der Waals surface area contributed by atoms with E-state index >= 15 is 0 Å². The van der Waals surface area contributed by atoms with E-state index in [1.54, 1.807) is 0 Å². The number of piperidine rings is 1. The maximum atomic E-state index is 13.8. The van der Waals surface area contributed by atoms with Gasteiger partial charge in [-0.25, -0.2) is 4.98 Å². The molecule has 0 spiro atoms. The summed E-state index contributed by atoms with van der Waals surface area (Å²) in [7, 11) is 0. The van der Waals surface area contributed by atoms with Crippen LogP contribution in [-0.4, -0.2) is 45.5 Å². The first-order chi connectivity index (χ1) is 14.8. The van der Waals surface area contributed by atoms with Gasteiger partial charge in [-0.05, 0) is 25.0 Å². The van der Waals surface area contributed by atoms with Crippen LogP contribution >= 0.6 is 0 Å². The maximum Gasteiger partial charge on any atom is 0.422 e. The Labute approximate surface area is 175 Å². The number of nitrogens with one attached hydrogen (secondary N) is 2. The van der Waals surface area contributed by atoms with Gasteiger partial charge in [0.1, 0.15) is 17.2 Å². The smallest absolute Gasteiger partial charge is 0.376 e. The normalized spacial score (nSPS) is 22.6. The highest BCUT2D eigenvalue weighted by atomic mass is 19.4. The molecule has 14 heteroatoms. The predicted octanol–water partition coefficient (Wildman–Crippen LogP) is 3.44. The zero-order chi connectivity index (χ0) is 23.5. The molecule has 3 N–H and O–H groups in total. The van der Waals surface area contributed by atoms with E-state index in [1.165, 1.54) is 4.90 Å². The molecule has 0 radical (unpaired) electrons. The van der Waals surface area contributed by atoms with Gasteiger partial charge in [0.15, 0.2) is 5.60 Å². The van der Waals surface area contributed by atoms with Gasteiger partial charge in [-0.15, -0.1) is 0 Å². The summed E-state index contributed by atoms with van der Waals surface area (Å²) in [4.78, 5) is 16.5. The van der Waals surface area contributed by atoms with Gasteiger partial charge in [-0.2, -0.15) is 35.8 Å². The summed E-state index contributed by atoms with van der Waals surface area (Å²) in [5.41, 5.74) is -5.48. The molecule has 2 aromatic heterocycles. The lowest BCUT2D eigenvalue weighted by atomic mass is 9.81. The van der Waals surface area contributed by atoms with Gasteiger partial charge in [0, 0.05) is 19.0 Å². The van der Waals surface area contributed by atoms with Gasteiger partial charge in [-0.1, -0.05) is 0 Å². The zero-order valence-electron chi connectivity index (χ0n) is 16.1. The minimum Gasteiger partial charge on any atom is -0.376 e. The van der Waals surface area contributed by atoms with E-state index in [4.69, 9.17) is 0 Å². The highest BCUT2D eigenvalue weighted by Gasteiger charge is 2.61. The third-order valence-corrected chi connectivity index (χ3v) is 5.70. The number of pyridine rings is 1. The monoisotopic (exact) mass is 467 g/mol. The second kappa shape index (κ2) is 7.32. The molecule has 1 unspecified atom stereocenters. The van der Waals surface area contributed by atoms with Gasteiger partial charge >= 0.3 is 12.4 Å². The zero-order valence-corrected chi connectivity index (χ0v) is 16.1. The highest BCUT2D eigenvalue weighted by Crippen LogP contribution is 2.49. The molecule has 4 rings (SSSR count). The van der Waals surface area contributed by atoms with Gasteiger partial charge in [0.25, 0.3) is 0 Å². The largest absolute Gasteiger partial charge is 0.422 e. The lowest BCUT2D eigenvalue weighted by Crippen LogP contribution is -2.49. The van der Waals surface area contributed by atoms with Crippen molar-refractivity contribution in [1.82, 2.24) is 15.2 Å². The Morgan fingerprint density at radius 1 is 1.12 bits per heavy atom. The quantitative estimate of drug-likeness (QED) is 0.465. The number of H-pyrrole nitrogens is 1. The Balaban J connectivity index is 1.56. The fraction of sp³-hybridized carbons (Fsp3) is 0.500. The van der Waals surface area contributed by atoms with E-state index in [0.29, 0.717) is 6.07 Å². The van der Waals surface area contributed by atoms with Crippen LogP contribution in [0, 0.1) is 5.95 Å². The van der Waals surface area contributed by atoms with Crippen molar-refractivity contribution in [2.45, 2.75) is 43.1 Å².